The zero-order chi connectivity index (χ0) is 21.7. The monoisotopic (exact) mass is 410 g/mol. The molecule has 0 aromatic heterocycles. The molecule has 0 heterocycles. The molecular weight excluding hydrogens is 393 g/mol. The third kappa shape index (κ3) is 4.67. The Bertz CT molecular complexity index is 1090. The highest BCUT2D eigenvalue weighted by Gasteiger charge is 2.21. The van der Waals surface area contributed by atoms with Crippen LogP contribution < -0.4 is 5.32 Å². The fourth-order valence-electron chi connectivity index (χ4n) is 3.02. The molecule has 30 heavy (non-hydrogen) atoms. The van der Waals surface area contributed by atoms with Gasteiger partial charge in [0.1, 0.15) is 6.04 Å². The average molecular weight is 410 g/mol. The number of rotatable bonds is 6. The molecule has 1 atom stereocenters. The number of carbonyl (C=O) groups excluding carboxylic acids is 1. The van der Waals surface area contributed by atoms with E-state index in [0.29, 0.717) is 23.2 Å². The molecule has 3 aromatic rings. The van der Waals surface area contributed by atoms with Crippen molar-refractivity contribution in [1.82, 2.24) is 5.32 Å². The molecule has 0 bridgehead atoms. The first kappa shape index (κ1) is 21.1. The van der Waals surface area contributed by atoms with Gasteiger partial charge in [0.05, 0.1) is 18.7 Å². The summed E-state index contributed by atoms with van der Waals surface area (Å²) in [6.45, 7) is 0.311. The van der Waals surface area contributed by atoms with Crippen LogP contribution in [0.25, 0.3) is 11.1 Å². The van der Waals surface area contributed by atoms with Gasteiger partial charge in [0.15, 0.2) is 17.5 Å². The van der Waals surface area contributed by atoms with Crippen molar-refractivity contribution in [2.75, 3.05) is 7.11 Å². The molecule has 0 aliphatic rings. The van der Waals surface area contributed by atoms with E-state index >= 15 is 0 Å². The minimum atomic E-state index is -1.52. The van der Waals surface area contributed by atoms with Crippen LogP contribution in [0.5, 0.6) is 0 Å². The number of nitrogens with one attached hydrogen (secondary N) is 1. The van der Waals surface area contributed by atoms with Gasteiger partial charge in [-0.05, 0) is 46.5 Å². The lowest BCUT2D eigenvalue weighted by Gasteiger charge is -2.17. The molecule has 3 rings (SSSR count). The van der Waals surface area contributed by atoms with E-state index in [1.165, 1.54) is 7.11 Å². The van der Waals surface area contributed by atoms with Gasteiger partial charge in [-0.2, -0.15) is 5.26 Å². The molecule has 0 saturated carbocycles. The summed E-state index contributed by atoms with van der Waals surface area (Å²) in [7, 11) is 1.27. The lowest BCUT2D eigenvalue weighted by atomic mass is 10.00. The highest BCUT2D eigenvalue weighted by atomic mass is 19.2. The smallest absolute Gasteiger partial charge is 0.327 e. The predicted molar refractivity (Wildman–Crippen MR) is 105 cm³/mol. The number of benzene rings is 3. The maximum atomic E-state index is 13.5. The van der Waals surface area contributed by atoms with Crippen molar-refractivity contribution >= 4 is 5.97 Å². The molecule has 1 unspecified atom stereocenters. The van der Waals surface area contributed by atoms with E-state index in [0.717, 1.165) is 17.7 Å². The van der Waals surface area contributed by atoms with E-state index in [9.17, 15) is 18.0 Å². The molecule has 0 fully saturated rings. The maximum absolute atomic E-state index is 13.5. The van der Waals surface area contributed by atoms with Crippen LogP contribution in [-0.2, 0) is 16.1 Å². The van der Waals surface area contributed by atoms with Crippen LogP contribution in [-0.4, -0.2) is 13.1 Å². The number of methoxy groups -OCH3 is 1. The normalized spacial score (nSPS) is 11.6. The highest BCUT2D eigenvalue weighted by molar-refractivity contribution is 5.78. The summed E-state index contributed by atoms with van der Waals surface area (Å²) in [4.78, 5) is 12.3. The van der Waals surface area contributed by atoms with E-state index < -0.39 is 29.5 Å². The molecule has 3 aromatic carbocycles. The summed E-state index contributed by atoms with van der Waals surface area (Å²) in [5, 5.41) is 12.1. The first-order valence-corrected chi connectivity index (χ1v) is 8.98. The first-order valence-electron chi connectivity index (χ1n) is 8.98. The molecule has 4 nitrogen and oxygen atoms in total. The lowest BCUT2D eigenvalue weighted by Crippen LogP contribution is -2.29. The summed E-state index contributed by atoms with van der Waals surface area (Å²) in [6, 6.07) is 16.4. The number of halogens is 3. The largest absolute Gasteiger partial charge is 0.468 e. The number of nitrogens with zero attached hydrogens (tertiary/aromatic N) is 1. The Kier molecular flexibility index (Phi) is 6.50. The molecule has 0 aliphatic heterocycles. The van der Waals surface area contributed by atoms with Gasteiger partial charge < -0.3 is 4.74 Å². The molecular formula is C23H17F3N2O2. The Morgan fingerprint density at radius 1 is 1.03 bits per heavy atom. The van der Waals surface area contributed by atoms with Gasteiger partial charge in [-0.25, -0.2) is 18.0 Å². The van der Waals surface area contributed by atoms with Crippen LogP contribution in [0.3, 0.4) is 0 Å². The van der Waals surface area contributed by atoms with Crippen molar-refractivity contribution in [3.05, 3.63) is 94.8 Å². The van der Waals surface area contributed by atoms with E-state index in [-0.39, 0.29) is 5.56 Å². The number of ether oxygens (including phenoxy) is 1. The maximum Gasteiger partial charge on any atom is 0.327 e. The van der Waals surface area contributed by atoms with Crippen molar-refractivity contribution in [3.8, 4) is 17.2 Å². The predicted octanol–water partition coefficient (Wildman–Crippen LogP) is 4.65. The highest BCUT2D eigenvalue weighted by Crippen LogP contribution is 2.26. The van der Waals surface area contributed by atoms with Crippen LogP contribution in [0.15, 0.2) is 60.7 Å². The zero-order valence-corrected chi connectivity index (χ0v) is 16.0. The quantitative estimate of drug-likeness (QED) is 0.475. The van der Waals surface area contributed by atoms with Crippen LogP contribution >= 0.6 is 0 Å². The Morgan fingerprint density at radius 3 is 2.30 bits per heavy atom. The van der Waals surface area contributed by atoms with E-state index in [4.69, 9.17) is 10.00 Å². The molecule has 0 amide bonds. The topological polar surface area (TPSA) is 62.1 Å². The van der Waals surface area contributed by atoms with Crippen molar-refractivity contribution in [1.29, 1.82) is 5.26 Å². The van der Waals surface area contributed by atoms with Gasteiger partial charge in [-0.3, -0.25) is 5.32 Å². The second kappa shape index (κ2) is 9.25. The van der Waals surface area contributed by atoms with E-state index in [1.54, 1.807) is 42.5 Å². The average Bonchev–Trinajstić information content (AvgIpc) is 2.77. The third-order valence-corrected chi connectivity index (χ3v) is 4.56. The zero-order valence-electron chi connectivity index (χ0n) is 16.0. The summed E-state index contributed by atoms with van der Waals surface area (Å²) in [6.07, 6.45) is 0. The second-order valence-corrected chi connectivity index (χ2v) is 6.53. The lowest BCUT2D eigenvalue weighted by molar-refractivity contribution is -0.143. The molecule has 152 valence electrons. The Balaban J connectivity index is 1.83. The summed E-state index contributed by atoms with van der Waals surface area (Å²) >= 11 is 0. The SMILES string of the molecule is COC(=O)C(NCc1cccc(C#N)c1)c1ccc(-c2cc(F)c(F)c(F)c2)cc1. The number of esters is 1. The fourth-order valence-corrected chi connectivity index (χ4v) is 3.02. The van der Waals surface area contributed by atoms with Crippen molar-refractivity contribution in [2.45, 2.75) is 12.6 Å². The van der Waals surface area contributed by atoms with Crippen LogP contribution in [0, 0.1) is 28.8 Å². The number of hydrogen-bond donors (Lipinski definition) is 1. The van der Waals surface area contributed by atoms with Gasteiger partial charge >= 0.3 is 5.97 Å². The Labute approximate surface area is 171 Å². The van der Waals surface area contributed by atoms with Crippen LogP contribution in [0.1, 0.15) is 22.7 Å². The van der Waals surface area contributed by atoms with Gasteiger partial charge in [-0.1, -0.05) is 36.4 Å². The molecule has 0 aliphatic carbocycles. The summed E-state index contributed by atoms with van der Waals surface area (Å²) in [5.74, 6) is -4.59. The van der Waals surface area contributed by atoms with E-state index in [2.05, 4.69) is 11.4 Å². The Morgan fingerprint density at radius 2 is 1.70 bits per heavy atom. The minimum Gasteiger partial charge on any atom is -0.468 e. The van der Waals surface area contributed by atoms with E-state index in [1.807, 2.05) is 6.07 Å². The standard InChI is InChI=1S/C23H17F3N2O2/c1-30-23(29)22(28-13-15-4-2-3-14(9-15)12-27)17-7-5-16(6-8-17)18-10-19(24)21(26)20(25)11-18/h2-11,22,28H,13H2,1H3. The number of nitriles is 1. The van der Waals surface area contributed by atoms with Crippen molar-refractivity contribution < 1.29 is 22.7 Å². The Hall–Kier alpha value is -3.63. The minimum absolute atomic E-state index is 0.175. The van der Waals surface area contributed by atoms with Gasteiger partial charge in [0.25, 0.3) is 0 Å². The van der Waals surface area contributed by atoms with Crippen molar-refractivity contribution in [3.63, 3.8) is 0 Å². The summed E-state index contributed by atoms with van der Waals surface area (Å²) < 4.78 is 45.0. The molecule has 0 saturated heterocycles. The fraction of sp³-hybridized carbons (Fsp3) is 0.130. The van der Waals surface area contributed by atoms with Gasteiger partial charge in [-0.15, -0.1) is 0 Å². The molecule has 1 N–H and O–H groups in total. The van der Waals surface area contributed by atoms with Crippen LogP contribution in [0.2, 0.25) is 0 Å². The number of carbonyl (C=O) groups is 1. The number of hydrogen-bond acceptors (Lipinski definition) is 4. The molecule has 0 radical (unpaired) electrons. The van der Waals surface area contributed by atoms with Gasteiger partial charge in [0.2, 0.25) is 0 Å². The van der Waals surface area contributed by atoms with Gasteiger partial charge in [0, 0.05) is 6.54 Å². The van der Waals surface area contributed by atoms with Crippen molar-refractivity contribution in [2.24, 2.45) is 0 Å². The third-order valence-electron chi connectivity index (χ3n) is 4.56. The summed E-state index contributed by atoms with van der Waals surface area (Å²) in [5.41, 5.74) is 2.53. The second-order valence-electron chi connectivity index (χ2n) is 6.53. The molecule has 0 spiro atoms. The van der Waals surface area contributed by atoms with Crippen LogP contribution in [0.4, 0.5) is 13.2 Å². The molecule has 7 heteroatoms. The first-order chi connectivity index (χ1) is 14.4.